The molecule has 0 aromatic carbocycles. The Morgan fingerprint density at radius 2 is 2.41 bits per heavy atom. The van der Waals surface area contributed by atoms with Gasteiger partial charge in [-0.15, -0.1) is 0 Å². The van der Waals surface area contributed by atoms with Gasteiger partial charge in [-0.1, -0.05) is 0 Å². The predicted octanol–water partition coefficient (Wildman–Crippen LogP) is 0.242. The van der Waals surface area contributed by atoms with Gasteiger partial charge in [0.2, 0.25) is 0 Å². The summed E-state index contributed by atoms with van der Waals surface area (Å²) in [7, 11) is 0. The molecule has 2 heterocycles. The van der Waals surface area contributed by atoms with Crippen molar-refractivity contribution in [3.8, 4) is 0 Å². The minimum absolute atomic E-state index is 0.286. The molecule has 2 rings (SSSR count). The van der Waals surface area contributed by atoms with Gasteiger partial charge in [-0.3, -0.25) is 0 Å². The van der Waals surface area contributed by atoms with Crippen LogP contribution in [0.3, 0.4) is 0 Å². The van der Waals surface area contributed by atoms with Crippen LogP contribution in [0.1, 0.15) is 0 Å². The van der Waals surface area contributed by atoms with E-state index in [1.54, 1.807) is 23.1 Å². The molecule has 90 valence electrons. The summed E-state index contributed by atoms with van der Waals surface area (Å²) in [5.74, 6) is -0.273. The Balaban J connectivity index is 1.86. The van der Waals surface area contributed by atoms with Gasteiger partial charge < -0.3 is 15.2 Å². The number of hydrogen-bond acceptors (Lipinski definition) is 5. The van der Waals surface area contributed by atoms with E-state index in [1.807, 2.05) is 6.07 Å². The lowest BCUT2D eigenvalue weighted by Crippen LogP contribution is -2.15. The molecule has 0 fully saturated rings. The van der Waals surface area contributed by atoms with E-state index in [9.17, 15) is 4.79 Å². The van der Waals surface area contributed by atoms with Crippen molar-refractivity contribution in [3.63, 3.8) is 0 Å². The Morgan fingerprint density at radius 3 is 3.24 bits per heavy atom. The summed E-state index contributed by atoms with van der Waals surface area (Å²) < 4.78 is 6.60. The van der Waals surface area contributed by atoms with Crippen LogP contribution >= 0.6 is 0 Å². The van der Waals surface area contributed by atoms with Crippen molar-refractivity contribution in [3.05, 3.63) is 24.7 Å². The molecule has 2 aromatic rings. The molecule has 7 nitrogen and oxygen atoms in total. The zero-order chi connectivity index (χ0) is 12.1. The topological polar surface area (TPSA) is 88.8 Å². The van der Waals surface area contributed by atoms with Crippen LogP contribution in [-0.2, 0) is 9.53 Å². The number of aromatic nitrogens is 3. The van der Waals surface area contributed by atoms with E-state index in [1.165, 1.54) is 0 Å². The molecular weight excluding hydrogens is 224 g/mol. The SMILES string of the molecule is O=C(O)COCCNc1nccn2nccc12. The number of hydrogen-bond donors (Lipinski definition) is 2. The highest BCUT2D eigenvalue weighted by molar-refractivity contribution is 5.68. The molecule has 17 heavy (non-hydrogen) atoms. The maximum absolute atomic E-state index is 10.2. The first-order valence-electron chi connectivity index (χ1n) is 5.09. The third-order valence-electron chi connectivity index (χ3n) is 2.09. The molecule has 0 radical (unpaired) electrons. The van der Waals surface area contributed by atoms with Gasteiger partial charge in [0, 0.05) is 18.9 Å². The highest BCUT2D eigenvalue weighted by Gasteiger charge is 2.02. The highest BCUT2D eigenvalue weighted by Crippen LogP contribution is 2.11. The van der Waals surface area contributed by atoms with Crippen molar-refractivity contribution < 1.29 is 14.6 Å². The lowest BCUT2D eigenvalue weighted by Gasteiger charge is -2.06. The summed E-state index contributed by atoms with van der Waals surface area (Å²) >= 11 is 0. The van der Waals surface area contributed by atoms with Crippen molar-refractivity contribution in [1.82, 2.24) is 14.6 Å². The average Bonchev–Trinajstić information content (AvgIpc) is 2.77. The van der Waals surface area contributed by atoms with Crippen molar-refractivity contribution in [1.29, 1.82) is 0 Å². The minimum atomic E-state index is -0.971. The lowest BCUT2D eigenvalue weighted by molar-refractivity contribution is -0.142. The summed E-state index contributed by atoms with van der Waals surface area (Å²) in [6, 6.07) is 1.84. The van der Waals surface area contributed by atoms with Gasteiger partial charge >= 0.3 is 5.97 Å². The second-order valence-corrected chi connectivity index (χ2v) is 3.31. The van der Waals surface area contributed by atoms with E-state index >= 15 is 0 Å². The Kier molecular flexibility index (Phi) is 3.51. The standard InChI is InChI=1S/C10H12N4O3/c15-9(16)7-17-6-4-12-10-8-1-2-13-14(8)5-3-11-10/h1-3,5H,4,6-7H2,(H,11,12)(H,15,16). The molecule has 0 aliphatic rings. The third kappa shape index (κ3) is 2.91. The first-order chi connectivity index (χ1) is 8.27. The van der Waals surface area contributed by atoms with Crippen molar-refractivity contribution >= 4 is 17.3 Å². The van der Waals surface area contributed by atoms with Gasteiger partial charge in [-0.05, 0) is 6.07 Å². The fraction of sp³-hybridized carbons (Fsp3) is 0.300. The fourth-order valence-corrected chi connectivity index (χ4v) is 1.39. The lowest BCUT2D eigenvalue weighted by atomic mass is 10.4. The number of nitrogens with one attached hydrogen (secondary N) is 1. The molecule has 0 atom stereocenters. The summed E-state index contributed by atoms with van der Waals surface area (Å²) in [5, 5.41) is 15.5. The largest absolute Gasteiger partial charge is 0.480 e. The number of anilines is 1. The second kappa shape index (κ2) is 5.26. The number of ether oxygens (including phenoxy) is 1. The van der Waals surface area contributed by atoms with Gasteiger partial charge in [0.05, 0.1) is 12.8 Å². The van der Waals surface area contributed by atoms with Crippen LogP contribution in [0.25, 0.3) is 5.52 Å². The maximum atomic E-state index is 10.2. The zero-order valence-electron chi connectivity index (χ0n) is 9.04. The van der Waals surface area contributed by atoms with Gasteiger partial charge in [0.1, 0.15) is 12.1 Å². The number of aliphatic carboxylic acids is 1. The number of nitrogens with zero attached hydrogens (tertiary/aromatic N) is 3. The van der Waals surface area contributed by atoms with E-state index in [0.717, 1.165) is 5.52 Å². The fourth-order valence-electron chi connectivity index (χ4n) is 1.39. The van der Waals surface area contributed by atoms with Crippen LogP contribution in [0, 0.1) is 0 Å². The summed E-state index contributed by atoms with van der Waals surface area (Å²) in [6.07, 6.45) is 5.07. The molecular formula is C10H12N4O3. The molecule has 0 bridgehead atoms. The Hall–Kier alpha value is -2.15. The highest BCUT2D eigenvalue weighted by atomic mass is 16.5. The van der Waals surface area contributed by atoms with Crippen LogP contribution in [0.2, 0.25) is 0 Å². The smallest absolute Gasteiger partial charge is 0.329 e. The molecule has 0 aliphatic carbocycles. The van der Waals surface area contributed by atoms with E-state index in [2.05, 4.69) is 15.4 Å². The normalized spacial score (nSPS) is 10.6. The quantitative estimate of drug-likeness (QED) is 0.698. The molecule has 7 heteroatoms. The molecule has 0 saturated heterocycles. The Labute approximate surface area is 97.0 Å². The Morgan fingerprint density at radius 1 is 1.53 bits per heavy atom. The summed E-state index contributed by atoms with van der Waals surface area (Å²) in [4.78, 5) is 14.4. The molecule has 0 amide bonds. The van der Waals surface area contributed by atoms with Gasteiger partial charge in [-0.25, -0.2) is 14.3 Å². The Bertz CT molecular complexity index is 511. The molecule has 2 aromatic heterocycles. The van der Waals surface area contributed by atoms with Crippen molar-refractivity contribution in [2.24, 2.45) is 0 Å². The molecule has 0 aliphatic heterocycles. The van der Waals surface area contributed by atoms with E-state index in [0.29, 0.717) is 19.0 Å². The molecule has 2 N–H and O–H groups in total. The van der Waals surface area contributed by atoms with Crippen LogP contribution in [0.5, 0.6) is 0 Å². The number of fused-ring (bicyclic) bond motifs is 1. The number of carboxylic acid groups (broad SMARTS) is 1. The molecule has 0 saturated carbocycles. The van der Waals surface area contributed by atoms with Crippen LogP contribution in [-0.4, -0.2) is 45.4 Å². The van der Waals surface area contributed by atoms with Crippen molar-refractivity contribution in [2.75, 3.05) is 25.1 Å². The summed E-state index contributed by atoms with van der Waals surface area (Å²) in [6.45, 7) is 0.514. The van der Waals surface area contributed by atoms with Crippen LogP contribution in [0.4, 0.5) is 5.82 Å². The monoisotopic (exact) mass is 236 g/mol. The second-order valence-electron chi connectivity index (χ2n) is 3.31. The predicted molar refractivity (Wildman–Crippen MR) is 59.9 cm³/mol. The first kappa shape index (κ1) is 11.3. The zero-order valence-corrected chi connectivity index (χ0v) is 9.04. The summed E-state index contributed by atoms with van der Waals surface area (Å²) in [5.41, 5.74) is 0.866. The molecule has 0 unspecified atom stereocenters. The number of carboxylic acids is 1. The first-order valence-corrected chi connectivity index (χ1v) is 5.09. The van der Waals surface area contributed by atoms with Crippen LogP contribution in [0.15, 0.2) is 24.7 Å². The van der Waals surface area contributed by atoms with E-state index < -0.39 is 5.97 Å². The van der Waals surface area contributed by atoms with Crippen molar-refractivity contribution in [2.45, 2.75) is 0 Å². The minimum Gasteiger partial charge on any atom is -0.480 e. The average molecular weight is 236 g/mol. The van der Waals surface area contributed by atoms with Gasteiger partial charge in [-0.2, -0.15) is 5.10 Å². The van der Waals surface area contributed by atoms with Gasteiger partial charge in [0.25, 0.3) is 0 Å². The van der Waals surface area contributed by atoms with E-state index in [4.69, 9.17) is 9.84 Å². The molecule has 0 spiro atoms. The van der Waals surface area contributed by atoms with E-state index in [-0.39, 0.29) is 6.61 Å². The van der Waals surface area contributed by atoms with Gasteiger partial charge in [0.15, 0.2) is 5.82 Å². The number of carbonyl (C=O) groups is 1. The maximum Gasteiger partial charge on any atom is 0.329 e. The third-order valence-corrected chi connectivity index (χ3v) is 2.09. The van der Waals surface area contributed by atoms with Crippen LogP contribution < -0.4 is 5.32 Å². The number of rotatable bonds is 6.